The lowest BCUT2D eigenvalue weighted by Gasteiger charge is -2.28. The van der Waals surface area contributed by atoms with Gasteiger partial charge in [0.25, 0.3) is 5.91 Å². The molecule has 0 spiro atoms. The van der Waals surface area contributed by atoms with Gasteiger partial charge in [-0.1, -0.05) is 35.9 Å². The molecular weight excluding hydrogens is 662 g/mol. The van der Waals surface area contributed by atoms with Crippen molar-refractivity contribution in [2.24, 2.45) is 5.10 Å². The van der Waals surface area contributed by atoms with E-state index in [9.17, 15) is 14.4 Å². The predicted octanol–water partition coefficient (Wildman–Crippen LogP) is 6.06. The highest BCUT2D eigenvalue weighted by Crippen LogP contribution is 2.34. The summed E-state index contributed by atoms with van der Waals surface area (Å²) in [5.74, 6) is 0.286. The van der Waals surface area contributed by atoms with E-state index in [2.05, 4.69) is 25.7 Å². The lowest BCUT2D eigenvalue weighted by molar-refractivity contribution is -0.139. The van der Waals surface area contributed by atoms with Crippen molar-refractivity contribution in [2.45, 2.75) is 40.3 Å². The molecule has 3 aromatic carbocycles. The molecule has 3 amide bonds. The number of urea groups is 1. The number of carbonyl (C=O) groups excluding carboxylic acids is 3. The molecule has 1 aliphatic heterocycles. The Morgan fingerprint density at radius 3 is 2.48 bits per heavy atom. The molecular formula is C37H38ClN5O7. The molecule has 260 valence electrons. The van der Waals surface area contributed by atoms with Crippen molar-refractivity contribution in [3.63, 3.8) is 0 Å². The van der Waals surface area contributed by atoms with Gasteiger partial charge >= 0.3 is 12.0 Å². The van der Waals surface area contributed by atoms with Crippen molar-refractivity contribution < 1.29 is 33.3 Å². The van der Waals surface area contributed by atoms with Gasteiger partial charge in [0.2, 0.25) is 0 Å². The largest absolute Gasteiger partial charge is 0.493 e. The second-order valence-corrected chi connectivity index (χ2v) is 11.7. The molecule has 0 saturated carbocycles. The van der Waals surface area contributed by atoms with Crippen LogP contribution in [0.2, 0.25) is 5.02 Å². The first kappa shape index (κ1) is 35.6. The van der Waals surface area contributed by atoms with E-state index >= 15 is 0 Å². The number of nitrogens with zero attached hydrogens (tertiary/aromatic N) is 2. The molecule has 3 N–H and O–H groups in total. The van der Waals surface area contributed by atoms with Gasteiger partial charge in [-0.2, -0.15) is 5.10 Å². The fraction of sp³-hybridized carbons (Fsp3) is 0.243. The topological polar surface area (TPSA) is 142 Å². The van der Waals surface area contributed by atoms with Gasteiger partial charge in [0.1, 0.15) is 12.4 Å². The van der Waals surface area contributed by atoms with Gasteiger partial charge in [-0.25, -0.2) is 15.0 Å². The molecule has 0 unspecified atom stereocenters. The number of hydrazone groups is 1. The number of methoxy groups -OCH3 is 1. The third-order valence-electron chi connectivity index (χ3n) is 7.95. The molecule has 0 bridgehead atoms. The van der Waals surface area contributed by atoms with Gasteiger partial charge in [-0.15, -0.1) is 0 Å². The first-order valence-electron chi connectivity index (χ1n) is 15.8. The minimum absolute atomic E-state index is 0.183. The molecule has 12 nitrogen and oxygen atoms in total. The summed E-state index contributed by atoms with van der Waals surface area (Å²) in [6, 6.07) is 21.0. The Morgan fingerprint density at radius 1 is 1.00 bits per heavy atom. The summed E-state index contributed by atoms with van der Waals surface area (Å²) in [5, 5.41) is 10.1. The second-order valence-electron chi connectivity index (χ2n) is 11.3. The van der Waals surface area contributed by atoms with Crippen molar-refractivity contribution in [1.29, 1.82) is 0 Å². The zero-order valence-electron chi connectivity index (χ0n) is 28.3. The Morgan fingerprint density at radius 2 is 1.76 bits per heavy atom. The minimum Gasteiger partial charge on any atom is -0.493 e. The number of hydrogen-bond acceptors (Lipinski definition) is 8. The Bertz CT molecular complexity index is 1950. The minimum atomic E-state index is -0.774. The van der Waals surface area contributed by atoms with E-state index in [1.165, 1.54) is 7.11 Å². The van der Waals surface area contributed by atoms with Crippen molar-refractivity contribution >= 4 is 35.7 Å². The van der Waals surface area contributed by atoms with Gasteiger partial charge in [-0.3, -0.25) is 4.79 Å². The van der Waals surface area contributed by atoms with Gasteiger partial charge < -0.3 is 34.1 Å². The SMILES string of the molecule is CCOC(=O)C1=C(C)NC(=O)N[C@H]1c1ccc(OCC(=O)N/N=C/c2cc(C)n(-c3ccc(OCc4ccccc4Cl)cc3)c2C)c(OC)c1. The standard InChI is InChI=1S/C37H38ClN5O7/c1-6-48-36(45)34-23(3)40-37(46)41-35(34)25-11-16-31(32(18-25)47-5)50-21-33(44)42-39-19-27-17-22(2)43(24(27)4)28-12-14-29(15-13-28)49-20-26-9-7-8-10-30(26)38/h7-19,35H,6,20-21H2,1-5H3,(H,42,44)(H2,40,41,46)/b39-19+/t35-/m0/s1. The van der Waals surface area contributed by atoms with Gasteiger partial charge in [0, 0.05) is 38.9 Å². The summed E-state index contributed by atoms with van der Waals surface area (Å²) in [5.41, 5.74) is 8.34. The van der Waals surface area contributed by atoms with Gasteiger partial charge in [0.15, 0.2) is 18.1 Å². The number of esters is 1. The average molecular weight is 700 g/mol. The summed E-state index contributed by atoms with van der Waals surface area (Å²) in [4.78, 5) is 37.5. The van der Waals surface area contributed by atoms with E-state index in [4.69, 9.17) is 30.5 Å². The smallest absolute Gasteiger partial charge is 0.338 e. The van der Waals surface area contributed by atoms with Gasteiger partial charge in [0.05, 0.1) is 31.5 Å². The van der Waals surface area contributed by atoms with E-state index in [1.54, 1.807) is 38.3 Å². The third kappa shape index (κ3) is 8.27. The Hall–Kier alpha value is -5.75. The fourth-order valence-corrected chi connectivity index (χ4v) is 5.73. The molecule has 50 heavy (non-hydrogen) atoms. The van der Waals surface area contributed by atoms with Crippen molar-refractivity contribution in [3.05, 3.63) is 117 Å². The van der Waals surface area contributed by atoms with Crippen molar-refractivity contribution in [2.75, 3.05) is 20.3 Å². The summed E-state index contributed by atoms with van der Waals surface area (Å²) in [7, 11) is 1.45. The number of hydrogen-bond donors (Lipinski definition) is 3. The monoisotopic (exact) mass is 699 g/mol. The molecule has 2 heterocycles. The molecule has 1 aliphatic rings. The van der Waals surface area contributed by atoms with E-state index in [0.717, 1.165) is 34.0 Å². The van der Waals surface area contributed by atoms with Crippen molar-refractivity contribution in [3.8, 4) is 22.9 Å². The Kier molecular flexibility index (Phi) is 11.4. The van der Waals surface area contributed by atoms with Crippen LogP contribution in [0.15, 0.2) is 89.2 Å². The summed E-state index contributed by atoms with van der Waals surface area (Å²) in [6.07, 6.45) is 1.58. The highest BCUT2D eigenvalue weighted by molar-refractivity contribution is 6.31. The molecule has 4 aromatic rings. The summed E-state index contributed by atoms with van der Waals surface area (Å²) in [6.45, 7) is 7.51. The Labute approximate surface area is 295 Å². The van der Waals surface area contributed by atoms with Crippen LogP contribution >= 0.6 is 11.6 Å². The van der Waals surface area contributed by atoms with Crippen LogP contribution in [0, 0.1) is 13.8 Å². The summed E-state index contributed by atoms with van der Waals surface area (Å²) < 4.78 is 24.4. The highest BCUT2D eigenvalue weighted by atomic mass is 35.5. The van der Waals surface area contributed by atoms with E-state index in [0.29, 0.717) is 28.6 Å². The molecule has 0 aliphatic carbocycles. The first-order valence-corrected chi connectivity index (χ1v) is 16.2. The molecule has 1 atom stereocenters. The first-order chi connectivity index (χ1) is 24.1. The molecule has 0 saturated heterocycles. The number of ether oxygens (including phenoxy) is 4. The number of rotatable bonds is 13. The number of amides is 3. The maximum Gasteiger partial charge on any atom is 0.338 e. The number of aryl methyl sites for hydroxylation is 1. The highest BCUT2D eigenvalue weighted by Gasteiger charge is 2.32. The molecule has 1 aromatic heterocycles. The third-order valence-corrected chi connectivity index (χ3v) is 8.32. The van der Waals surface area contributed by atoms with Crippen molar-refractivity contribution in [1.82, 2.24) is 20.6 Å². The number of carbonyl (C=O) groups is 3. The van der Waals surface area contributed by atoms with Crippen LogP contribution in [0.3, 0.4) is 0 Å². The maximum atomic E-state index is 12.7. The normalized spacial score (nSPS) is 14.2. The van der Waals surface area contributed by atoms with Crippen LogP contribution in [0.25, 0.3) is 5.69 Å². The molecule has 0 radical (unpaired) electrons. The molecule has 0 fully saturated rings. The second kappa shape index (κ2) is 16.1. The van der Waals surface area contributed by atoms with Gasteiger partial charge in [-0.05, 0) is 81.8 Å². The summed E-state index contributed by atoms with van der Waals surface area (Å²) >= 11 is 6.24. The predicted molar refractivity (Wildman–Crippen MR) is 189 cm³/mol. The van der Waals surface area contributed by atoms with Crippen LogP contribution in [0.4, 0.5) is 4.79 Å². The molecule has 13 heteroatoms. The van der Waals surface area contributed by atoms with Crippen LogP contribution in [-0.2, 0) is 20.9 Å². The maximum absolute atomic E-state index is 12.7. The molecule has 5 rings (SSSR count). The van der Waals surface area contributed by atoms with Crippen LogP contribution in [0.5, 0.6) is 17.2 Å². The van der Waals surface area contributed by atoms with E-state index in [-0.39, 0.29) is 24.5 Å². The lowest BCUT2D eigenvalue weighted by Crippen LogP contribution is -2.45. The quantitative estimate of drug-likeness (QED) is 0.0876. The number of nitrogens with one attached hydrogen (secondary N) is 3. The number of benzene rings is 3. The van der Waals surface area contributed by atoms with Crippen LogP contribution < -0.4 is 30.3 Å². The number of allylic oxidation sites excluding steroid dienone is 1. The Balaban J connectivity index is 1.18. The van der Waals surface area contributed by atoms with Crippen LogP contribution in [-0.4, -0.2) is 49.0 Å². The lowest BCUT2D eigenvalue weighted by atomic mass is 9.95. The van der Waals surface area contributed by atoms with E-state index in [1.807, 2.05) is 68.4 Å². The zero-order chi connectivity index (χ0) is 35.8. The number of halogens is 1. The zero-order valence-corrected chi connectivity index (χ0v) is 29.1. The average Bonchev–Trinajstić information content (AvgIpc) is 3.38. The van der Waals surface area contributed by atoms with E-state index < -0.39 is 23.9 Å². The van der Waals surface area contributed by atoms with Crippen LogP contribution in [0.1, 0.15) is 48.0 Å². The number of aromatic nitrogens is 1. The fourth-order valence-electron chi connectivity index (χ4n) is 5.54.